The molecule has 0 aromatic carbocycles. The second-order valence-corrected chi connectivity index (χ2v) is 5.62. The first-order valence-electron chi connectivity index (χ1n) is 6.93. The van der Waals surface area contributed by atoms with Crippen molar-refractivity contribution >= 4 is 5.97 Å². The molecule has 1 aliphatic carbocycles. The van der Waals surface area contributed by atoms with Gasteiger partial charge >= 0.3 is 5.97 Å². The average molecular weight is 264 g/mol. The summed E-state index contributed by atoms with van der Waals surface area (Å²) in [4.78, 5) is 13.4. The van der Waals surface area contributed by atoms with Crippen LogP contribution in [0.2, 0.25) is 0 Å². The number of nitrogens with one attached hydrogen (secondary N) is 1. The van der Waals surface area contributed by atoms with Crippen LogP contribution in [-0.4, -0.2) is 41.1 Å². The molecule has 5 heteroatoms. The molecule has 2 N–H and O–H groups in total. The predicted molar refractivity (Wildman–Crippen MR) is 70.2 cm³/mol. The van der Waals surface area contributed by atoms with Crippen LogP contribution in [0.25, 0.3) is 0 Å². The molecule has 2 aliphatic rings. The van der Waals surface area contributed by atoms with E-state index < -0.39 is 5.97 Å². The molecule has 0 spiro atoms. The van der Waals surface area contributed by atoms with Crippen molar-refractivity contribution in [2.45, 2.75) is 44.8 Å². The fraction of sp³-hybridized carbons (Fsp3) is 0.643. The Balaban J connectivity index is 1.52. The van der Waals surface area contributed by atoms with Crippen molar-refractivity contribution in [3.8, 4) is 0 Å². The number of carbonyl (C=O) groups is 1. The van der Waals surface area contributed by atoms with Gasteiger partial charge in [0.25, 0.3) is 0 Å². The summed E-state index contributed by atoms with van der Waals surface area (Å²) in [6.07, 6.45) is 3.88. The lowest BCUT2D eigenvalue weighted by molar-refractivity contribution is 0.0659. The molecular weight excluding hydrogens is 244 g/mol. The molecule has 1 aromatic heterocycles. The normalized spacial score (nSPS) is 23.9. The lowest BCUT2D eigenvalue weighted by Gasteiger charge is -2.15. The Labute approximate surface area is 112 Å². The quantitative estimate of drug-likeness (QED) is 0.846. The highest BCUT2D eigenvalue weighted by Gasteiger charge is 2.34. The minimum Gasteiger partial charge on any atom is -0.475 e. The van der Waals surface area contributed by atoms with Crippen molar-refractivity contribution in [3.05, 3.63) is 23.2 Å². The molecule has 2 fully saturated rings. The average Bonchev–Trinajstić information content (AvgIpc) is 2.98. The van der Waals surface area contributed by atoms with Crippen LogP contribution >= 0.6 is 0 Å². The number of nitrogens with zero attached hydrogens (tertiary/aromatic N) is 1. The van der Waals surface area contributed by atoms with Crippen molar-refractivity contribution in [2.24, 2.45) is 0 Å². The Hall–Kier alpha value is -1.33. The first kappa shape index (κ1) is 12.7. The third-order valence-electron chi connectivity index (χ3n) is 4.01. The van der Waals surface area contributed by atoms with Gasteiger partial charge < -0.3 is 14.8 Å². The number of carboxylic acid groups (broad SMARTS) is 1. The van der Waals surface area contributed by atoms with E-state index in [0.29, 0.717) is 23.9 Å². The first-order valence-corrected chi connectivity index (χ1v) is 6.93. The summed E-state index contributed by atoms with van der Waals surface area (Å²) in [5.41, 5.74) is 0.690. The summed E-state index contributed by atoms with van der Waals surface area (Å²) in [7, 11) is 0. The van der Waals surface area contributed by atoms with Crippen molar-refractivity contribution in [3.63, 3.8) is 0 Å². The SMILES string of the molecule is Cc1cc(CNC2CCN(C3CC3)C2)oc1C(=O)O. The molecule has 0 radical (unpaired) electrons. The van der Waals surface area contributed by atoms with Gasteiger partial charge in [-0.2, -0.15) is 0 Å². The van der Waals surface area contributed by atoms with Crippen molar-refractivity contribution < 1.29 is 14.3 Å². The third kappa shape index (κ3) is 2.82. The van der Waals surface area contributed by atoms with Crippen LogP contribution in [-0.2, 0) is 6.54 Å². The highest BCUT2D eigenvalue weighted by Crippen LogP contribution is 2.29. The van der Waals surface area contributed by atoms with E-state index in [9.17, 15) is 4.79 Å². The van der Waals surface area contributed by atoms with E-state index in [1.54, 1.807) is 6.92 Å². The van der Waals surface area contributed by atoms with Crippen LogP contribution in [0.5, 0.6) is 0 Å². The highest BCUT2D eigenvalue weighted by atomic mass is 16.4. The molecule has 0 bridgehead atoms. The van der Waals surface area contributed by atoms with Crippen LogP contribution in [0.1, 0.15) is 41.1 Å². The second kappa shape index (κ2) is 4.98. The number of furan rings is 1. The van der Waals surface area contributed by atoms with E-state index in [0.717, 1.165) is 12.6 Å². The molecular formula is C14H20N2O3. The fourth-order valence-corrected chi connectivity index (χ4v) is 2.82. The van der Waals surface area contributed by atoms with E-state index in [-0.39, 0.29) is 5.76 Å². The first-order chi connectivity index (χ1) is 9.13. The molecule has 1 saturated heterocycles. The molecule has 1 saturated carbocycles. The van der Waals surface area contributed by atoms with Crippen LogP contribution in [0.15, 0.2) is 10.5 Å². The van der Waals surface area contributed by atoms with Gasteiger partial charge in [0.15, 0.2) is 0 Å². The van der Waals surface area contributed by atoms with Crippen molar-refractivity contribution in [2.75, 3.05) is 13.1 Å². The van der Waals surface area contributed by atoms with Gasteiger partial charge in [-0.1, -0.05) is 0 Å². The number of aromatic carboxylic acids is 1. The van der Waals surface area contributed by atoms with Crippen molar-refractivity contribution in [1.29, 1.82) is 0 Å². The maximum Gasteiger partial charge on any atom is 0.372 e. The molecule has 5 nitrogen and oxygen atoms in total. The number of carboxylic acids is 1. The Bertz CT molecular complexity index is 479. The third-order valence-corrected chi connectivity index (χ3v) is 4.01. The predicted octanol–water partition coefficient (Wildman–Crippen LogP) is 1.61. The van der Waals surface area contributed by atoms with E-state index in [4.69, 9.17) is 9.52 Å². The van der Waals surface area contributed by atoms with Gasteiger partial charge in [0.1, 0.15) is 5.76 Å². The number of hydrogen-bond donors (Lipinski definition) is 2. The largest absolute Gasteiger partial charge is 0.475 e. The molecule has 2 heterocycles. The number of aryl methyl sites for hydroxylation is 1. The molecule has 1 aromatic rings. The summed E-state index contributed by atoms with van der Waals surface area (Å²) in [5, 5.41) is 12.4. The monoisotopic (exact) mass is 264 g/mol. The zero-order valence-corrected chi connectivity index (χ0v) is 11.2. The molecule has 104 valence electrons. The maximum absolute atomic E-state index is 10.9. The Morgan fingerprint density at radius 1 is 1.53 bits per heavy atom. The lowest BCUT2D eigenvalue weighted by Crippen LogP contribution is -2.32. The maximum atomic E-state index is 10.9. The Kier molecular flexibility index (Phi) is 3.33. The molecule has 1 aliphatic heterocycles. The minimum atomic E-state index is -0.996. The topological polar surface area (TPSA) is 65.7 Å². The number of likely N-dealkylation sites (tertiary alicyclic amines) is 1. The summed E-state index contributed by atoms with van der Waals surface area (Å²) < 4.78 is 5.35. The van der Waals surface area contributed by atoms with Gasteiger partial charge in [0, 0.05) is 30.7 Å². The standard InChI is InChI=1S/C14H20N2O3/c1-9-6-12(19-13(9)14(17)18)7-15-10-4-5-16(8-10)11-2-3-11/h6,10-11,15H,2-5,7-8H2,1H3,(H,17,18). The molecule has 0 amide bonds. The van der Waals surface area contributed by atoms with Gasteiger partial charge in [-0.25, -0.2) is 4.79 Å². The van der Waals surface area contributed by atoms with Gasteiger partial charge in [-0.15, -0.1) is 0 Å². The van der Waals surface area contributed by atoms with E-state index in [1.807, 2.05) is 6.07 Å². The fourth-order valence-electron chi connectivity index (χ4n) is 2.82. The van der Waals surface area contributed by atoms with Gasteiger partial charge in [0.05, 0.1) is 6.54 Å². The lowest BCUT2D eigenvalue weighted by atomic mass is 10.2. The number of rotatable bonds is 5. The van der Waals surface area contributed by atoms with Gasteiger partial charge in [0.2, 0.25) is 5.76 Å². The smallest absolute Gasteiger partial charge is 0.372 e. The van der Waals surface area contributed by atoms with Crippen LogP contribution < -0.4 is 5.32 Å². The Morgan fingerprint density at radius 3 is 2.95 bits per heavy atom. The number of hydrogen-bond acceptors (Lipinski definition) is 4. The second-order valence-electron chi connectivity index (χ2n) is 5.62. The van der Waals surface area contributed by atoms with Gasteiger partial charge in [-0.3, -0.25) is 4.90 Å². The zero-order chi connectivity index (χ0) is 13.4. The molecule has 19 heavy (non-hydrogen) atoms. The summed E-state index contributed by atoms with van der Waals surface area (Å²) in [6.45, 7) is 4.66. The van der Waals surface area contributed by atoms with Crippen molar-refractivity contribution in [1.82, 2.24) is 10.2 Å². The minimum absolute atomic E-state index is 0.0582. The van der Waals surface area contributed by atoms with Crippen LogP contribution in [0, 0.1) is 6.92 Å². The van der Waals surface area contributed by atoms with Crippen LogP contribution in [0.4, 0.5) is 0 Å². The van der Waals surface area contributed by atoms with E-state index >= 15 is 0 Å². The summed E-state index contributed by atoms with van der Waals surface area (Å²) in [5.74, 6) is -0.230. The van der Waals surface area contributed by atoms with E-state index in [2.05, 4.69) is 10.2 Å². The van der Waals surface area contributed by atoms with Gasteiger partial charge in [-0.05, 0) is 32.3 Å². The summed E-state index contributed by atoms with van der Waals surface area (Å²) in [6, 6.07) is 3.14. The zero-order valence-electron chi connectivity index (χ0n) is 11.2. The molecule has 1 atom stereocenters. The summed E-state index contributed by atoms with van der Waals surface area (Å²) >= 11 is 0. The highest BCUT2D eigenvalue weighted by molar-refractivity contribution is 5.86. The molecule has 1 unspecified atom stereocenters. The molecule has 3 rings (SSSR count). The van der Waals surface area contributed by atoms with E-state index in [1.165, 1.54) is 25.8 Å². The Morgan fingerprint density at radius 2 is 2.32 bits per heavy atom. The van der Waals surface area contributed by atoms with Crippen LogP contribution in [0.3, 0.4) is 0 Å².